The highest BCUT2D eigenvalue weighted by Gasteiger charge is 2.03. The van der Waals surface area contributed by atoms with Crippen LogP contribution in [0.1, 0.15) is 16.7 Å². The minimum atomic E-state index is -0.206. The van der Waals surface area contributed by atoms with Gasteiger partial charge in [0.2, 0.25) is 5.91 Å². The molecule has 1 amide bonds. The molecule has 0 saturated heterocycles. The van der Waals surface area contributed by atoms with Crippen molar-refractivity contribution in [3.63, 3.8) is 0 Å². The SMILES string of the molecule is Cc1ccc(OCc2ccc(CC(=O)NN)cc2)c(Br)c1. The summed E-state index contributed by atoms with van der Waals surface area (Å²) < 4.78 is 6.72. The van der Waals surface area contributed by atoms with E-state index in [1.807, 2.05) is 49.4 Å². The summed E-state index contributed by atoms with van der Waals surface area (Å²) in [5, 5.41) is 0. The molecule has 2 rings (SSSR count). The summed E-state index contributed by atoms with van der Waals surface area (Å²) in [6.07, 6.45) is 0.279. The van der Waals surface area contributed by atoms with Crippen LogP contribution in [0.3, 0.4) is 0 Å². The minimum absolute atomic E-state index is 0.206. The van der Waals surface area contributed by atoms with Crippen LogP contribution in [-0.4, -0.2) is 5.91 Å². The second kappa shape index (κ2) is 7.24. The number of nitrogens with two attached hydrogens (primary N) is 1. The molecule has 110 valence electrons. The third-order valence-corrected chi connectivity index (χ3v) is 3.65. The molecule has 2 aromatic rings. The lowest BCUT2D eigenvalue weighted by Crippen LogP contribution is -2.31. The van der Waals surface area contributed by atoms with E-state index in [4.69, 9.17) is 10.6 Å². The van der Waals surface area contributed by atoms with Crippen molar-refractivity contribution in [3.05, 3.63) is 63.6 Å². The molecule has 0 aliphatic heterocycles. The first-order valence-electron chi connectivity index (χ1n) is 6.54. The van der Waals surface area contributed by atoms with Crippen LogP contribution in [-0.2, 0) is 17.8 Å². The van der Waals surface area contributed by atoms with Crippen LogP contribution in [0.25, 0.3) is 0 Å². The van der Waals surface area contributed by atoms with Gasteiger partial charge < -0.3 is 4.74 Å². The number of hydrogen-bond donors (Lipinski definition) is 2. The first-order chi connectivity index (χ1) is 10.1. The van der Waals surface area contributed by atoms with Gasteiger partial charge in [-0.25, -0.2) is 5.84 Å². The number of hydrogen-bond acceptors (Lipinski definition) is 3. The quantitative estimate of drug-likeness (QED) is 0.496. The van der Waals surface area contributed by atoms with E-state index < -0.39 is 0 Å². The topological polar surface area (TPSA) is 64.3 Å². The molecule has 0 radical (unpaired) electrons. The molecule has 0 spiro atoms. The normalized spacial score (nSPS) is 10.2. The smallest absolute Gasteiger partial charge is 0.238 e. The maximum absolute atomic E-state index is 11.2. The highest BCUT2D eigenvalue weighted by Crippen LogP contribution is 2.26. The molecule has 0 atom stereocenters. The Balaban J connectivity index is 1.96. The molecule has 0 aliphatic rings. The maximum Gasteiger partial charge on any atom is 0.238 e. The fourth-order valence-corrected chi connectivity index (χ4v) is 2.48. The van der Waals surface area contributed by atoms with Crippen LogP contribution in [0.4, 0.5) is 0 Å². The summed E-state index contributed by atoms with van der Waals surface area (Å²) in [5.74, 6) is 5.67. The molecule has 0 saturated carbocycles. The monoisotopic (exact) mass is 348 g/mol. The van der Waals surface area contributed by atoms with E-state index in [2.05, 4.69) is 21.4 Å². The van der Waals surface area contributed by atoms with Crippen molar-refractivity contribution < 1.29 is 9.53 Å². The van der Waals surface area contributed by atoms with Gasteiger partial charge in [0, 0.05) is 0 Å². The number of benzene rings is 2. The Labute approximate surface area is 132 Å². The molecule has 21 heavy (non-hydrogen) atoms. The van der Waals surface area contributed by atoms with Gasteiger partial charge in [-0.15, -0.1) is 0 Å². The van der Waals surface area contributed by atoms with Gasteiger partial charge >= 0.3 is 0 Å². The molecule has 0 aliphatic carbocycles. The standard InChI is InChI=1S/C16H17BrN2O2/c1-11-2-7-15(14(17)8-11)21-10-13-5-3-12(4-6-13)9-16(20)19-18/h2-8H,9-10,18H2,1H3,(H,19,20). The summed E-state index contributed by atoms with van der Waals surface area (Å²) in [4.78, 5) is 11.2. The zero-order valence-corrected chi connectivity index (χ0v) is 13.3. The molecule has 3 N–H and O–H groups in total. The molecule has 0 aromatic heterocycles. The van der Waals surface area contributed by atoms with Gasteiger partial charge in [-0.1, -0.05) is 30.3 Å². The number of amides is 1. The van der Waals surface area contributed by atoms with E-state index >= 15 is 0 Å². The predicted octanol–water partition coefficient (Wildman–Crippen LogP) is 2.87. The average molecular weight is 349 g/mol. The average Bonchev–Trinajstić information content (AvgIpc) is 2.48. The second-order valence-corrected chi connectivity index (χ2v) is 5.64. The summed E-state index contributed by atoms with van der Waals surface area (Å²) in [6.45, 7) is 2.51. The Morgan fingerprint density at radius 2 is 1.86 bits per heavy atom. The number of aryl methyl sites for hydroxylation is 1. The van der Waals surface area contributed by atoms with Crippen LogP contribution >= 0.6 is 15.9 Å². The molecule has 5 heteroatoms. The van der Waals surface area contributed by atoms with Crippen molar-refractivity contribution in [2.24, 2.45) is 5.84 Å². The summed E-state index contributed by atoms with van der Waals surface area (Å²) in [5.41, 5.74) is 5.25. The highest BCUT2D eigenvalue weighted by molar-refractivity contribution is 9.10. The predicted molar refractivity (Wildman–Crippen MR) is 85.7 cm³/mol. The Hall–Kier alpha value is -1.85. The van der Waals surface area contributed by atoms with E-state index in [-0.39, 0.29) is 12.3 Å². The van der Waals surface area contributed by atoms with Crippen LogP contribution in [0.15, 0.2) is 46.9 Å². The van der Waals surface area contributed by atoms with Crippen molar-refractivity contribution in [1.82, 2.24) is 5.43 Å². The first kappa shape index (κ1) is 15.5. The van der Waals surface area contributed by atoms with Gasteiger partial charge in [-0.2, -0.15) is 0 Å². The van der Waals surface area contributed by atoms with Gasteiger partial charge in [-0.3, -0.25) is 10.2 Å². The summed E-state index contributed by atoms with van der Waals surface area (Å²) in [6, 6.07) is 13.7. The zero-order valence-electron chi connectivity index (χ0n) is 11.7. The largest absolute Gasteiger partial charge is 0.488 e. The van der Waals surface area contributed by atoms with E-state index in [0.717, 1.165) is 21.3 Å². The van der Waals surface area contributed by atoms with Crippen LogP contribution < -0.4 is 16.0 Å². The number of carbonyl (C=O) groups excluding carboxylic acids is 1. The third kappa shape index (κ3) is 4.58. The minimum Gasteiger partial charge on any atom is -0.488 e. The van der Waals surface area contributed by atoms with Gasteiger partial charge in [0.25, 0.3) is 0 Å². The van der Waals surface area contributed by atoms with Gasteiger partial charge in [0.1, 0.15) is 12.4 Å². The number of ether oxygens (including phenoxy) is 1. The number of carbonyl (C=O) groups is 1. The summed E-state index contributed by atoms with van der Waals surface area (Å²) >= 11 is 3.49. The summed E-state index contributed by atoms with van der Waals surface area (Å²) in [7, 11) is 0. The first-order valence-corrected chi connectivity index (χ1v) is 7.34. The van der Waals surface area contributed by atoms with E-state index in [1.54, 1.807) is 0 Å². The van der Waals surface area contributed by atoms with Crippen molar-refractivity contribution in [1.29, 1.82) is 0 Å². The Bertz CT molecular complexity index is 627. The van der Waals surface area contributed by atoms with Crippen molar-refractivity contribution in [3.8, 4) is 5.75 Å². The number of nitrogens with one attached hydrogen (secondary N) is 1. The fraction of sp³-hybridized carbons (Fsp3) is 0.188. The third-order valence-electron chi connectivity index (χ3n) is 3.03. The molecule has 2 aromatic carbocycles. The second-order valence-electron chi connectivity index (χ2n) is 4.78. The van der Waals surface area contributed by atoms with Crippen LogP contribution in [0, 0.1) is 6.92 Å². The number of rotatable bonds is 5. The molecule has 0 unspecified atom stereocenters. The number of hydrazine groups is 1. The lowest BCUT2D eigenvalue weighted by Gasteiger charge is -2.09. The molecule has 0 fully saturated rings. The molecule has 0 bridgehead atoms. The van der Waals surface area contributed by atoms with Crippen molar-refractivity contribution in [2.75, 3.05) is 0 Å². The lowest BCUT2D eigenvalue weighted by molar-refractivity contribution is -0.120. The fourth-order valence-electron chi connectivity index (χ4n) is 1.87. The zero-order chi connectivity index (χ0) is 15.2. The van der Waals surface area contributed by atoms with Gasteiger partial charge in [-0.05, 0) is 51.7 Å². The highest BCUT2D eigenvalue weighted by atomic mass is 79.9. The van der Waals surface area contributed by atoms with E-state index in [0.29, 0.717) is 6.61 Å². The molecular formula is C16H17BrN2O2. The van der Waals surface area contributed by atoms with Crippen LogP contribution in [0.5, 0.6) is 5.75 Å². The van der Waals surface area contributed by atoms with Crippen molar-refractivity contribution in [2.45, 2.75) is 20.0 Å². The van der Waals surface area contributed by atoms with Crippen LogP contribution in [0.2, 0.25) is 0 Å². The Morgan fingerprint density at radius 3 is 2.48 bits per heavy atom. The molecule has 0 heterocycles. The van der Waals surface area contributed by atoms with Gasteiger partial charge in [0.05, 0.1) is 10.9 Å². The number of halogens is 1. The van der Waals surface area contributed by atoms with E-state index in [1.165, 1.54) is 5.56 Å². The maximum atomic E-state index is 11.2. The Kier molecular flexibility index (Phi) is 5.36. The van der Waals surface area contributed by atoms with Crippen molar-refractivity contribution >= 4 is 21.8 Å². The lowest BCUT2D eigenvalue weighted by atomic mass is 10.1. The Morgan fingerprint density at radius 1 is 1.19 bits per heavy atom. The molecular weight excluding hydrogens is 332 g/mol. The molecule has 4 nitrogen and oxygen atoms in total. The van der Waals surface area contributed by atoms with Gasteiger partial charge in [0.15, 0.2) is 0 Å². The van der Waals surface area contributed by atoms with E-state index in [9.17, 15) is 4.79 Å².